The molecule has 1 aromatic carbocycles. The summed E-state index contributed by atoms with van der Waals surface area (Å²) in [5.74, 6) is -1.92. The predicted octanol–water partition coefficient (Wildman–Crippen LogP) is 0.848. The SMILES string of the molecule is COc1ccc(CCNC(=O)COC(=O)CN2C(=O)[C@H]3CC=CC[C@H]3C2=O)cc1. The van der Waals surface area contributed by atoms with E-state index in [4.69, 9.17) is 9.47 Å². The van der Waals surface area contributed by atoms with Crippen LogP contribution < -0.4 is 10.1 Å². The van der Waals surface area contributed by atoms with Crippen LogP contribution >= 0.6 is 0 Å². The first-order valence-electron chi connectivity index (χ1n) is 9.55. The molecule has 0 saturated carbocycles. The van der Waals surface area contributed by atoms with Gasteiger partial charge in [0.1, 0.15) is 12.3 Å². The molecule has 1 fully saturated rings. The Labute approximate surface area is 168 Å². The van der Waals surface area contributed by atoms with E-state index in [-0.39, 0.29) is 23.7 Å². The highest BCUT2D eigenvalue weighted by Crippen LogP contribution is 2.34. The maximum atomic E-state index is 12.3. The number of likely N-dealkylation sites (tertiary alicyclic amines) is 1. The van der Waals surface area contributed by atoms with Gasteiger partial charge in [0.05, 0.1) is 18.9 Å². The van der Waals surface area contributed by atoms with Gasteiger partial charge in [-0.25, -0.2) is 0 Å². The number of carbonyl (C=O) groups is 4. The molecule has 1 N–H and O–H groups in total. The first-order chi connectivity index (χ1) is 14.0. The van der Waals surface area contributed by atoms with Crippen LogP contribution in [0.15, 0.2) is 36.4 Å². The first-order valence-corrected chi connectivity index (χ1v) is 9.55. The third-order valence-corrected chi connectivity index (χ3v) is 5.15. The number of imide groups is 1. The lowest BCUT2D eigenvalue weighted by molar-refractivity contribution is -0.154. The number of hydrogen-bond acceptors (Lipinski definition) is 6. The van der Waals surface area contributed by atoms with E-state index in [0.29, 0.717) is 25.8 Å². The highest BCUT2D eigenvalue weighted by Gasteiger charge is 2.47. The number of nitrogens with zero attached hydrogens (tertiary/aromatic N) is 1. The van der Waals surface area contributed by atoms with E-state index in [1.165, 1.54) is 0 Å². The summed E-state index contributed by atoms with van der Waals surface area (Å²) in [4.78, 5) is 49.4. The minimum Gasteiger partial charge on any atom is -0.497 e. The number of hydrogen-bond donors (Lipinski definition) is 1. The second kappa shape index (κ2) is 9.36. The quantitative estimate of drug-likeness (QED) is 0.394. The van der Waals surface area contributed by atoms with Gasteiger partial charge in [0, 0.05) is 6.54 Å². The van der Waals surface area contributed by atoms with E-state index >= 15 is 0 Å². The molecule has 3 amide bonds. The molecule has 8 heteroatoms. The van der Waals surface area contributed by atoms with Crippen molar-refractivity contribution in [3.05, 3.63) is 42.0 Å². The standard InChI is InChI=1S/C21H24N2O6/c1-28-15-8-6-14(7-9-15)10-11-22-18(24)13-29-19(25)12-23-20(26)16-4-2-3-5-17(16)21(23)27/h2-3,6-9,16-17H,4-5,10-13H2,1H3,(H,22,24)/t16-,17+. The van der Waals surface area contributed by atoms with Crippen LogP contribution in [0.2, 0.25) is 0 Å². The van der Waals surface area contributed by atoms with Crippen molar-refractivity contribution in [2.24, 2.45) is 11.8 Å². The topological polar surface area (TPSA) is 102 Å². The molecule has 0 bridgehead atoms. The third-order valence-electron chi connectivity index (χ3n) is 5.15. The van der Waals surface area contributed by atoms with E-state index < -0.39 is 25.0 Å². The Hall–Kier alpha value is -3.16. The Bertz CT molecular complexity index is 791. The summed E-state index contributed by atoms with van der Waals surface area (Å²) in [5.41, 5.74) is 1.03. The average molecular weight is 400 g/mol. The van der Waals surface area contributed by atoms with Gasteiger partial charge in [-0.3, -0.25) is 24.1 Å². The minimum absolute atomic E-state index is 0.342. The number of ether oxygens (including phenoxy) is 2. The molecule has 3 rings (SSSR count). The van der Waals surface area contributed by atoms with Crippen LogP contribution in [-0.2, 0) is 30.3 Å². The fraction of sp³-hybridized carbons (Fsp3) is 0.429. The summed E-state index contributed by atoms with van der Waals surface area (Å²) in [6.07, 6.45) is 5.40. The van der Waals surface area contributed by atoms with Crippen molar-refractivity contribution in [1.29, 1.82) is 0 Å². The summed E-state index contributed by atoms with van der Waals surface area (Å²) in [5, 5.41) is 2.66. The maximum absolute atomic E-state index is 12.3. The van der Waals surface area contributed by atoms with Crippen molar-refractivity contribution in [3.63, 3.8) is 0 Å². The van der Waals surface area contributed by atoms with Gasteiger partial charge in [0.2, 0.25) is 11.8 Å². The molecule has 154 valence electrons. The van der Waals surface area contributed by atoms with Gasteiger partial charge < -0.3 is 14.8 Å². The van der Waals surface area contributed by atoms with Crippen molar-refractivity contribution in [1.82, 2.24) is 10.2 Å². The van der Waals surface area contributed by atoms with Gasteiger partial charge in [-0.15, -0.1) is 0 Å². The number of benzene rings is 1. The third kappa shape index (κ3) is 5.01. The monoisotopic (exact) mass is 400 g/mol. The lowest BCUT2D eigenvalue weighted by atomic mass is 9.85. The van der Waals surface area contributed by atoms with Crippen LogP contribution in [0.5, 0.6) is 5.75 Å². The molecule has 1 aliphatic heterocycles. The smallest absolute Gasteiger partial charge is 0.326 e. The van der Waals surface area contributed by atoms with Gasteiger partial charge in [-0.1, -0.05) is 24.3 Å². The summed E-state index contributed by atoms with van der Waals surface area (Å²) in [6.45, 7) is -0.516. The molecule has 2 atom stereocenters. The van der Waals surface area contributed by atoms with Crippen LogP contribution in [0.25, 0.3) is 0 Å². The molecular weight excluding hydrogens is 376 g/mol. The molecule has 29 heavy (non-hydrogen) atoms. The van der Waals surface area contributed by atoms with Crippen molar-refractivity contribution in [2.45, 2.75) is 19.3 Å². The Balaban J connectivity index is 1.37. The van der Waals surface area contributed by atoms with Crippen molar-refractivity contribution >= 4 is 23.7 Å². The number of allylic oxidation sites excluding steroid dienone is 2. The minimum atomic E-state index is -0.774. The summed E-state index contributed by atoms with van der Waals surface area (Å²) in [7, 11) is 1.59. The zero-order chi connectivity index (χ0) is 20.8. The maximum Gasteiger partial charge on any atom is 0.326 e. The first kappa shape index (κ1) is 20.6. The number of methoxy groups -OCH3 is 1. The lowest BCUT2D eigenvalue weighted by Gasteiger charge is -2.14. The van der Waals surface area contributed by atoms with Gasteiger partial charge in [-0.05, 0) is 37.0 Å². The second-order valence-electron chi connectivity index (χ2n) is 7.03. The Morgan fingerprint density at radius 1 is 1.07 bits per heavy atom. The van der Waals surface area contributed by atoms with E-state index in [1.54, 1.807) is 7.11 Å². The molecule has 2 aliphatic rings. The van der Waals surface area contributed by atoms with Crippen LogP contribution in [0.1, 0.15) is 18.4 Å². The number of esters is 1. The highest BCUT2D eigenvalue weighted by atomic mass is 16.5. The van der Waals surface area contributed by atoms with Crippen LogP contribution in [0.3, 0.4) is 0 Å². The zero-order valence-corrected chi connectivity index (χ0v) is 16.3. The molecule has 0 spiro atoms. The van der Waals surface area contributed by atoms with Crippen LogP contribution in [0.4, 0.5) is 0 Å². The fourth-order valence-electron chi connectivity index (χ4n) is 3.54. The summed E-state index contributed by atoms with van der Waals surface area (Å²) in [6, 6.07) is 7.49. The Morgan fingerprint density at radius 2 is 1.69 bits per heavy atom. The number of carbonyl (C=O) groups excluding carboxylic acids is 4. The van der Waals surface area contributed by atoms with Gasteiger partial charge >= 0.3 is 5.97 Å². The van der Waals surface area contributed by atoms with Crippen molar-refractivity contribution in [2.75, 3.05) is 26.8 Å². The molecule has 0 radical (unpaired) electrons. The highest BCUT2D eigenvalue weighted by molar-refractivity contribution is 6.07. The van der Waals surface area contributed by atoms with E-state index in [1.807, 2.05) is 36.4 Å². The Morgan fingerprint density at radius 3 is 2.28 bits per heavy atom. The molecule has 0 aromatic heterocycles. The number of rotatable bonds is 8. The number of amides is 3. The predicted molar refractivity (Wildman–Crippen MR) is 103 cm³/mol. The molecule has 8 nitrogen and oxygen atoms in total. The molecule has 1 aromatic rings. The lowest BCUT2D eigenvalue weighted by Crippen LogP contribution is -2.38. The molecule has 1 aliphatic carbocycles. The molecule has 1 heterocycles. The molecular formula is C21H24N2O6. The summed E-state index contributed by atoms with van der Waals surface area (Å²) < 4.78 is 10.0. The number of nitrogens with one attached hydrogen (secondary N) is 1. The van der Waals surface area contributed by atoms with Gasteiger partial charge in [0.15, 0.2) is 6.61 Å². The molecule has 0 unspecified atom stereocenters. The Kier molecular flexibility index (Phi) is 6.64. The van der Waals surface area contributed by atoms with Crippen molar-refractivity contribution in [3.8, 4) is 5.75 Å². The largest absolute Gasteiger partial charge is 0.497 e. The van der Waals surface area contributed by atoms with E-state index in [0.717, 1.165) is 16.2 Å². The number of fused-ring (bicyclic) bond motifs is 1. The molecule has 1 saturated heterocycles. The average Bonchev–Trinajstić information content (AvgIpc) is 2.98. The normalized spacial score (nSPS) is 20.4. The van der Waals surface area contributed by atoms with Gasteiger partial charge in [0.25, 0.3) is 5.91 Å². The summed E-state index contributed by atoms with van der Waals surface area (Å²) >= 11 is 0. The van der Waals surface area contributed by atoms with E-state index in [9.17, 15) is 19.2 Å². The van der Waals surface area contributed by atoms with Gasteiger partial charge in [-0.2, -0.15) is 0 Å². The van der Waals surface area contributed by atoms with Crippen molar-refractivity contribution < 1.29 is 28.7 Å². The van der Waals surface area contributed by atoms with E-state index in [2.05, 4.69) is 5.32 Å². The van der Waals surface area contributed by atoms with Crippen LogP contribution in [-0.4, -0.2) is 55.4 Å². The van der Waals surface area contributed by atoms with Crippen LogP contribution in [0, 0.1) is 11.8 Å². The second-order valence-corrected chi connectivity index (χ2v) is 7.03. The zero-order valence-electron chi connectivity index (χ0n) is 16.3. The fourth-order valence-corrected chi connectivity index (χ4v) is 3.54.